The summed E-state index contributed by atoms with van der Waals surface area (Å²) in [6, 6.07) is 18.7. The Bertz CT molecular complexity index is 1560. The topological polar surface area (TPSA) is 157 Å². The Labute approximate surface area is 238 Å². The van der Waals surface area contributed by atoms with Crippen molar-refractivity contribution in [1.82, 2.24) is 20.6 Å². The maximum absolute atomic E-state index is 14.2. The molecule has 1 aromatic heterocycles. The fourth-order valence-corrected chi connectivity index (χ4v) is 4.06. The maximum Gasteiger partial charge on any atom is 0.333 e. The number of aromatic amines is 1. The lowest BCUT2D eigenvalue weighted by atomic mass is 10.0. The highest BCUT2D eigenvalue weighted by atomic mass is 35.5. The number of hydrogen-bond donors (Lipinski definition) is 5. The van der Waals surface area contributed by atoms with Crippen LogP contribution in [-0.4, -0.2) is 63.0 Å². The van der Waals surface area contributed by atoms with Crippen LogP contribution in [-0.2, 0) is 11.3 Å². The van der Waals surface area contributed by atoms with Crippen LogP contribution in [0.25, 0.3) is 11.1 Å². The molecule has 0 unspecified atom stereocenters. The second kappa shape index (κ2) is 13.0. The number of hydrazine groups is 1. The monoisotopic (exact) mass is 581 g/mol. The number of methoxy groups -OCH3 is 1. The largest absolute Gasteiger partial charge is 0.496 e. The molecular weight excluding hydrogens is 557 g/mol. The molecule has 3 aromatic carbocycles. The van der Waals surface area contributed by atoms with Gasteiger partial charge in [0, 0.05) is 23.2 Å². The minimum atomic E-state index is -1.80. The number of amides is 2. The zero-order chi connectivity index (χ0) is 29.5. The van der Waals surface area contributed by atoms with Gasteiger partial charge in [0.2, 0.25) is 0 Å². The predicted octanol–water partition coefficient (Wildman–Crippen LogP) is 3.72. The van der Waals surface area contributed by atoms with Crippen LogP contribution in [0.1, 0.15) is 26.4 Å². The third-order valence-electron chi connectivity index (χ3n) is 5.92. The Morgan fingerprint density at radius 3 is 2.51 bits per heavy atom. The van der Waals surface area contributed by atoms with Crippen LogP contribution in [0.15, 0.2) is 72.8 Å². The van der Waals surface area contributed by atoms with Gasteiger partial charge >= 0.3 is 5.97 Å². The Morgan fingerprint density at radius 1 is 1.07 bits per heavy atom. The number of ether oxygens (including phenoxy) is 1. The number of aromatic nitrogens is 2. The first-order chi connectivity index (χ1) is 19.6. The van der Waals surface area contributed by atoms with Crippen LogP contribution < -0.4 is 15.5 Å². The SMILES string of the molecule is COc1ccccc1C(=O)Nc1cc(C(=O)NN(Cc2ccc(-c3cc(Cl)ccc3F)cc2)C[C@@H](O)C(=O)O)[nH]n1. The van der Waals surface area contributed by atoms with E-state index in [9.17, 15) is 29.0 Å². The number of carbonyl (C=O) groups excluding carboxylic acids is 2. The molecule has 0 aliphatic heterocycles. The molecule has 2 amide bonds. The van der Waals surface area contributed by atoms with Crippen molar-refractivity contribution in [2.24, 2.45) is 0 Å². The van der Waals surface area contributed by atoms with Crippen LogP contribution in [0, 0.1) is 5.82 Å². The van der Waals surface area contributed by atoms with E-state index < -0.39 is 36.2 Å². The van der Waals surface area contributed by atoms with Gasteiger partial charge in [0.05, 0.1) is 19.2 Å². The van der Waals surface area contributed by atoms with Gasteiger partial charge in [-0.2, -0.15) is 5.10 Å². The van der Waals surface area contributed by atoms with Crippen molar-refractivity contribution in [1.29, 1.82) is 0 Å². The third kappa shape index (κ3) is 7.45. The number of aliphatic hydroxyl groups excluding tert-OH is 1. The van der Waals surface area contributed by atoms with E-state index in [4.69, 9.17) is 16.3 Å². The van der Waals surface area contributed by atoms with Gasteiger partial charge < -0.3 is 20.3 Å². The molecule has 0 saturated heterocycles. The molecule has 0 saturated carbocycles. The number of carboxylic acid groups (broad SMARTS) is 1. The molecule has 1 atom stereocenters. The molecule has 212 valence electrons. The van der Waals surface area contributed by atoms with E-state index in [1.165, 1.54) is 36.4 Å². The van der Waals surface area contributed by atoms with Crippen molar-refractivity contribution in [3.8, 4) is 16.9 Å². The van der Waals surface area contributed by atoms with E-state index in [0.29, 0.717) is 27.5 Å². The number of carboxylic acids is 1. The summed E-state index contributed by atoms with van der Waals surface area (Å²) in [7, 11) is 1.43. The molecule has 0 fully saturated rings. The van der Waals surface area contributed by atoms with E-state index in [0.717, 1.165) is 0 Å². The molecular formula is C28H25ClFN5O6. The van der Waals surface area contributed by atoms with E-state index in [-0.39, 0.29) is 23.6 Å². The zero-order valence-corrected chi connectivity index (χ0v) is 22.4. The fourth-order valence-electron chi connectivity index (χ4n) is 3.89. The molecule has 0 aliphatic rings. The van der Waals surface area contributed by atoms with Gasteiger partial charge in [-0.05, 0) is 41.5 Å². The van der Waals surface area contributed by atoms with E-state index in [1.54, 1.807) is 48.5 Å². The standard InChI is InChI=1S/C28H25ClFN5O6/c1-41-24-5-3-2-4-19(24)26(37)31-25-13-22(32-33-25)27(38)34-35(15-23(36)28(39)40)14-16-6-8-17(9-7-16)20-12-18(29)10-11-21(20)30/h2-13,23,36H,14-15H2,1H3,(H,34,38)(H,39,40)(H2,31,32,33,37)/t23-/m1/s1. The highest BCUT2D eigenvalue weighted by Gasteiger charge is 2.22. The number of halogens is 2. The number of para-hydroxylation sites is 1. The molecule has 1 heterocycles. The van der Waals surface area contributed by atoms with Crippen molar-refractivity contribution < 1.29 is 33.7 Å². The molecule has 13 heteroatoms. The summed E-state index contributed by atoms with van der Waals surface area (Å²) in [5.74, 6) is -2.71. The molecule has 0 aliphatic carbocycles. The number of aliphatic hydroxyl groups is 1. The summed E-state index contributed by atoms with van der Waals surface area (Å²) >= 11 is 5.99. The van der Waals surface area contributed by atoms with Gasteiger partial charge in [-0.25, -0.2) is 14.2 Å². The number of carbonyl (C=O) groups is 3. The summed E-state index contributed by atoms with van der Waals surface area (Å²) < 4.78 is 19.4. The summed E-state index contributed by atoms with van der Waals surface area (Å²) in [5.41, 5.74) is 4.26. The van der Waals surface area contributed by atoms with Gasteiger partial charge in [-0.1, -0.05) is 48.0 Å². The van der Waals surface area contributed by atoms with Crippen molar-refractivity contribution in [2.75, 3.05) is 19.0 Å². The van der Waals surface area contributed by atoms with Crippen LogP contribution in [0.4, 0.5) is 10.2 Å². The maximum atomic E-state index is 14.2. The average Bonchev–Trinajstić information content (AvgIpc) is 3.43. The van der Waals surface area contributed by atoms with Crippen LogP contribution >= 0.6 is 11.6 Å². The Morgan fingerprint density at radius 2 is 1.80 bits per heavy atom. The number of H-pyrrole nitrogens is 1. The summed E-state index contributed by atoms with van der Waals surface area (Å²) in [4.78, 5) is 36.8. The van der Waals surface area contributed by atoms with Crippen LogP contribution in [0.2, 0.25) is 5.02 Å². The number of anilines is 1. The quantitative estimate of drug-likeness (QED) is 0.168. The lowest BCUT2D eigenvalue weighted by Crippen LogP contribution is -2.47. The summed E-state index contributed by atoms with van der Waals surface area (Å²) in [6.07, 6.45) is -1.80. The lowest BCUT2D eigenvalue weighted by molar-refractivity contribution is -0.148. The molecule has 4 aromatic rings. The molecule has 4 rings (SSSR count). The minimum absolute atomic E-state index is 0.0000794. The van der Waals surface area contributed by atoms with Crippen molar-refractivity contribution >= 4 is 35.2 Å². The van der Waals surface area contributed by atoms with E-state index in [1.807, 2.05) is 0 Å². The smallest absolute Gasteiger partial charge is 0.333 e. The second-order valence-corrected chi connectivity index (χ2v) is 9.25. The lowest BCUT2D eigenvalue weighted by Gasteiger charge is -2.24. The van der Waals surface area contributed by atoms with E-state index in [2.05, 4.69) is 20.9 Å². The van der Waals surface area contributed by atoms with Gasteiger partial charge in [0.1, 0.15) is 17.3 Å². The van der Waals surface area contributed by atoms with Gasteiger partial charge in [-0.3, -0.25) is 20.1 Å². The van der Waals surface area contributed by atoms with Crippen LogP contribution in [0.3, 0.4) is 0 Å². The highest BCUT2D eigenvalue weighted by molar-refractivity contribution is 6.30. The molecule has 41 heavy (non-hydrogen) atoms. The molecule has 5 N–H and O–H groups in total. The van der Waals surface area contributed by atoms with E-state index >= 15 is 0 Å². The van der Waals surface area contributed by atoms with Gasteiger partial charge in [-0.15, -0.1) is 0 Å². The molecule has 0 radical (unpaired) electrons. The second-order valence-electron chi connectivity index (χ2n) is 8.82. The fraction of sp³-hybridized carbons (Fsp3) is 0.143. The minimum Gasteiger partial charge on any atom is -0.496 e. The number of benzene rings is 3. The summed E-state index contributed by atoms with van der Waals surface area (Å²) in [6.45, 7) is -0.447. The van der Waals surface area contributed by atoms with Crippen molar-refractivity contribution in [3.63, 3.8) is 0 Å². The number of nitrogens with zero attached hydrogens (tertiary/aromatic N) is 2. The third-order valence-corrected chi connectivity index (χ3v) is 6.16. The first-order valence-electron chi connectivity index (χ1n) is 12.2. The molecule has 11 nitrogen and oxygen atoms in total. The number of hydrogen-bond acceptors (Lipinski definition) is 7. The number of nitrogens with one attached hydrogen (secondary N) is 3. The van der Waals surface area contributed by atoms with Crippen molar-refractivity contribution in [3.05, 3.63) is 100 Å². The Hall–Kier alpha value is -4.78. The molecule has 0 bridgehead atoms. The number of rotatable bonds is 11. The van der Waals surface area contributed by atoms with Crippen molar-refractivity contribution in [2.45, 2.75) is 12.6 Å². The zero-order valence-electron chi connectivity index (χ0n) is 21.6. The summed E-state index contributed by atoms with van der Waals surface area (Å²) in [5, 5.41) is 29.7. The number of aliphatic carboxylic acids is 1. The van der Waals surface area contributed by atoms with Gasteiger partial charge in [0.25, 0.3) is 11.8 Å². The predicted molar refractivity (Wildman–Crippen MR) is 148 cm³/mol. The normalized spacial score (nSPS) is 11.6. The van der Waals surface area contributed by atoms with Gasteiger partial charge in [0.15, 0.2) is 11.9 Å². The highest BCUT2D eigenvalue weighted by Crippen LogP contribution is 2.26. The Kier molecular flexibility index (Phi) is 9.30. The average molecular weight is 582 g/mol. The first kappa shape index (κ1) is 29.2. The first-order valence-corrected chi connectivity index (χ1v) is 12.5. The van der Waals surface area contributed by atoms with Crippen LogP contribution in [0.5, 0.6) is 5.75 Å². The molecule has 0 spiro atoms. The Balaban J connectivity index is 1.46.